The molecule has 0 aliphatic heterocycles. The predicted molar refractivity (Wildman–Crippen MR) is 114 cm³/mol. The summed E-state index contributed by atoms with van der Waals surface area (Å²) in [6.45, 7) is 16.1. The molecule has 0 saturated heterocycles. The molecule has 0 radical (unpaired) electrons. The molecule has 1 aromatic carbocycles. The van der Waals surface area contributed by atoms with Crippen molar-refractivity contribution >= 4 is 24.9 Å². The lowest BCUT2D eigenvalue weighted by molar-refractivity contribution is 0.400. The van der Waals surface area contributed by atoms with Gasteiger partial charge in [0, 0.05) is 10.6 Å². The summed E-state index contributed by atoms with van der Waals surface area (Å²) in [7, 11) is -0.0813. The number of ether oxygens (including phenoxy) is 1. The third-order valence-electron chi connectivity index (χ3n) is 5.15. The van der Waals surface area contributed by atoms with Gasteiger partial charge in [0.15, 0.2) is 0 Å². The minimum atomic E-state index is -1.88. The summed E-state index contributed by atoms with van der Waals surface area (Å²) in [6.07, 6.45) is 6.88. The van der Waals surface area contributed by atoms with Crippen LogP contribution in [0.3, 0.4) is 0 Å². The van der Waals surface area contributed by atoms with Crippen LogP contribution in [0.4, 0.5) is 0 Å². The molecule has 3 heteroatoms. The molecule has 1 aromatic rings. The molecule has 0 atom stereocenters. The Balaban J connectivity index is 2.66. The summed E-state index contributed by atoms with van der Waals surface area (Å²) in [5.41, 5.74) is 2.74. The second kappa shape index (κ2) is 7.32. The highest BCUT2D eigenvalue weighted by molar-refractivity contribution is 6.96. The topological polar surface area (TPSA) is 9.23 Å². The van der Waals surface area contributed by atoms with Gasteiger partial charge in [-0.2, -0.15) is 0 Å². The highest BCUT2D eigenvalue weighted by atomic mass is 35.5. The first-order chi connectivity index (χ1) is 11.5. The Bertz CT molecular complexity index is 705. The third kappa shape index (κ3) is 4.23. The average molecular weight is 377 g/mol. The van der Waals surface area contributed by atoms with E-state index in [4.69, 9.17) is 16.3 Å². The minimum absolute atomic E-state index is 0.00145. The number of hydrogen-bond donors (Lipinski definition) is 0. The van der Waals surface area contributed by atoms with Gasteiger partial charge in [0.2, 0.25) is 0 Å². The summed E-state index contributed by atoms with van der Waals surface area (Å²) < 4.78 is 5.95. The fraction of sp³-hybridized carbons (Fsp3) is 0.545. The molecule has 0 fully saturated rings. The van der Waals surface area contributed by atoms with E-state index < -0.39 is 8.07 Å². The van der Waals surface area contributed by atoms with Crippen LogP contribution in [-0.4, -0.2) is 15.2 Å². The molecule has 0 heterocycles. The predicted octanol–water partition coefficient (Wildman–Crippen LogP) is 6.40. The molecular formula is C22H33ClOSi. The first-order valence-corrected chi connectivity index (χ1v) is 12.6. The van der Waals surface area contributed by atoms with E-state index in [9.17, 15) is 0 Å². The number of rotatable bonds is 5. The van der Waals surface area contributed by atoms with Crippen molar-refractivity contribution in [2.45, 2.75) is 66.0 Å². The molecular weight excluding hydrogens is 344 g/mol. The van der Waals surface area contributed by atoms with Crippen LogP contribution >= 0.6 is 11.6 Å². The van der Waals surface area contributed by atoms with Gasteiger partial charge in [-0.25, -0.2) is 0 Å². The van der Waals surface area contributed by atoms with Crippen LogP contribution in [0.5, 0.6) is 5.75 Å². The maximum Gasteiger partial charge on any atom is 0.122 e. The zero-order valence-electron chi connectivity index (χ0n) is 17.1. The average Bonchev–Trinajstić information content (AvgIpc) is 2.93. The monoisotopic (exact) mass is 376 g/mol. The van der Waals surface area contributed by atoms with Gasteiger partial charge in [-0.15, -0.1) is 0 Å². The van der Waals surface area contributed by atoms with Gasteiger partial charge >= 0.3 is 0 Å². The molecule has 0 N–H and O–H groups in total. The molecule has 0 amide bonds. The SMILES string of the molecule is COc1c(C(C)(C)C)cc(Cl)cc1[Si](C)(C)C1=C(CC(C)C)C=CC1. The summed E-state index contributed by atoms with van der Waals surface area (Å²) >= 11 is 6.55. The van der Waals surface area contributed by atoms with E-state index in [2.05, 4.69) is 72.0 Å². The number of hydrogen-bond acceptors (Lipinski definition) is 1. The molecule has 1 aliphatic carbocycles. The van der Waals surface area contributed by atoms with E-state index in [1.54, 1.807) is 12.3 Å². The van der Waals surface area contributed by atoms with E-state index in [0.29, 0.717) is 5.92 Å². The van der Waals surface area contributed by atoms with E-state index >= 15 is 0 Å². The highest BCUT2D eigenvalue weighted by Crippen LogP contribution is 2.38. The lowest BCUT2D eigenvalue weighted by atomic mass is 9.86. The lowest BCUT2D eigenvalue weighted by Crippen LogP contribution is -2.45. The van der Waals surface area contributed by atoms with Crippen molar-refractivity contribution in [1.29, 1.82) is 0 Å². The Labute approximate surface area is 160 Å². The van der Waals surface area contributed by atoms with Crippen molar-refractivity contribution in [3.8, 4) is 5.75 Å². The Morgan fingerprint density at radius 3 is 2.36 bits per heavy atom. The molecule has 1 aliphatic rings. The zero-order valence-corrected chi connectivity index (χ0v) is 18.8. The first kappa shape index (κ1) is 20.3. The van der Waals surface area contributed by atoms with Crippen LogP contribution in [0.15, 0.2) is 35.1 Å². The standard InChI is InChI=1S/C22H33ClOSi/c1-15(2)12-16-10-9-11-19(16)25(7,8)20-14-17(23)13-18(21(20)24-6)22(3,4)5/h9-10,13-15H,11-12H2,1-8H3. The second-order valence-electron chi connectivity index (χ2n) is 9.12. The maximum atomic E-state index is 6.55. The molecule has 0 unspecified atom stereocenters. The fourth-order valence-electron chi connectivity index (χ4n) is 3.84. The maximum absolute atomic E-state index is 6.55. The Hall–Kier alpha value is -0.993. The Morgan fingerprint density at radius 1 is 1.20 bits per heavy atom. The third-order valence-corrected chi connectivity index (χ3v) is 9.12. The van der Waals surface area contributed by atoms with E-state index in [-0.39, 0.29) is 5.41 Å². The fourth-order valence-corrected chi connectivity index (χ4v) is 7.41. The summed E-state index contributed by atoms with van der Waals surface area (Å²) in [5.74, 6) is 1.71. The normalized spacial score (nSPS) is 15.4. The van der Waals surface area contributed by atoms with Crippen molar-refractivity contribution in [3.63, 3.8) is 0 Å². The van der Waals surface area contributed by atoms with Crippen LogP contribution in [0.2, 0.25) is 18.1 Å². The lowest BCUT2D eigenvalue weighted by Gasteiger charge is -2.32. The smallest absolute Gasteiger partial charge is 0.122 e. The molecule has 0 bridgehead atoms. The van der Waals surface area contributed by atoms with Gasteiger partial charge in [-0.1, -0.05) is 82.2 Å². The Morgan fingerprint density at radius 2 is 1.84 bits per heavy atom. The quantitative estimate of drug-likeness (QED) is 0.540. The van der Waals surface area contributed by atoms with Gasteiger partial charge in [-0.3, -0.25) is 0 Å². The molecule has 25 heavy (non-hydrogen) atoms. The van der Waals surface area contributed by atoms with Gasteiger partial charge < -0.3 is 4.74 Å². The van der Waals surface area contributed by atoms with E-state index in [1.165, 1.54) is 16.3 Å². The molecule has 1 nitrogen and oxygen atoms in total. The number of benzene rings is 1. The molecule has 0 aromatic heterocycles. The van der Waals surface area contributed by atoms with Crippen molar-refractivity contribution in [2.75, 3.05) is 7.11 Å². The van der Waals surface area contributed by atoms with E-state index in [1.807, 2.05) is 0 Å². The molecule has 138 valence electrons. The van der Waals surface area contributed by atoms with Crippen molar-refractivity contribution < 1.29 is 4.74 Å². The second-order valence-corrected chi connectivity index (χ2v) is 13.9. The van der Waals surface area contributed by atoms with Crippen molar-refractivity contribution in [3.05, 3.63) is 45.6 Å². The van der Waals surface area contributed by atoms with Crippen molar-refractivity contribution in [1.82, 2.24) is 0 Å². The molecule has 0 saturated carbocycles. The van der Waals surface area contributed by atoms with Gasteiger partial charge in [0.1, 0.15) is 13.8 Å². The molecule has 0 spiro atoms. The minimum Gasteiger partial charge on any atom is -0.497 e. The number of allylic oxidation sites excluding steroid dienone is 4. The molecule has 2 rings (SSSR count). The van der Waals surface area contributed by atoms with E-state index in [0.717, 1.165) is 23.6 Å². The summed E-state index contributed by atoms with van der Waals surface area (Å²) in [4.78, 5) is 0. The number of methoxy groups -OCH3 is 1. The van der Waals surface area contributed by atoms with Crippen LogP contribution in [0.1, 0.15) is 53.0 Å². The summed E-state index contributed by atoms with van der Waals surface area (Å²) in [6, 6.07) is 4.23. The van der Waals surface area contributed by atoms with Crippen LogP contribution in [0.25, 0.3) is 0 Å². The van der Waals surface area contributed by atoms with Crippen LogP contribution in [0, 0.1) is 5.92 Å². The first-order valence-electron chi connectivity index (χ1n) is 9.26. The largest absolute Gasteiger partial charge is 0.497 e. The number of halogens is 1. The van der Waals surface area contributed by atoms with Crippen LogP contribution in [-0.2, 0) is 5.41 Å². The summed E-state index contributed by atoms with van der Waals surface area (Å²) in [5, 5.41) is 3.77. The highest BCUT2D eigenvalue weighted by Gasteiger charge is 2.36. The van der Waals surface area contributed by atoms with Crippen molar-refractivity contribution in [2.24, 2.45) is 5.92 Å². The van der Waals surface area contributed by atoms with Crippen LogP contribution < -0.4 is 9.92 Å². The van der Waals surface area contributed by atoms with Gasteiger partial charge in [-0.05, 0) is 41.5 Å². The zero-order chi connectivity index (χ0) is 19.0. The van der Waals surface area contributed by atoms with Gasteiger partial charge in [0.05, 0.1) is 7.11 Å². The van der Waals surface area contributed by atoms with Gasteiger partial charge in [0.25, 0.3) is 0 Å². The Kier molecular flexibility index (Phi) is 5.95.